The summed E-state index contributed by atoms with van der Waals surface area (Å²) in [7, 11) is 0. The molecular formula is C12H20O. The van der Waals surface area contributed by atoms with Crippen LogP contribution in [0.2, 0.25) is 0 Å². The molecule has 0 aromatic rings. The number of aliphatic hydroxyl groups is 1. The number of rotatable bonds is 2. The molecule has 74 valence electrons. The minimum atomic E-state index is -0.612. The first-order valence-corrected chi connectivity index (χ1v) is 5.12. The lowest BCUT2D eigenvalue weighted by Crippen LogP contribution is -2.39. The molecule has 0 saturated heterocycles. The maximum absolute atomic E-state index is 10.4. The summed E-state index contributed by atoms with van der Waals surface area (Å²) in [5.41, 5.74) is 0.499. The summed E-state index contributed by atoms with van der Waals surface area (Å²) in [6, 6.07) is 0. The van der Waals surface area contributed by atoms with Crippen LogP contribution in [0.3, 0.4) is 0 Å². The van der Waals surface area contributed by atoms with Gasteiger partial charge in [0.2, 0.25) is 0 Å². The fourth-order valence-corrected chi connectivity index (χ4v) is 2.34. The van der Waals surface area contributed by atoms with Crippen LogP contribution in [-0.4, -0.2) is 10.7 Å². The summed E-state index contributed by atoms with van der Waals surface area (Å²) in [4.78, 5) is 0. The van der Waals surface area contributed by atoms with Crippen LogP contribution in [0.4, 0.5) is 0 Å². The molecular weight excluding hydrogens is 160 g/mol. The molecule has 1 aliphatic rings. The zero-order valence-electron chi connectivity index (χ0n) is 8.71. The summed E-state index contributed by atoms with van der Waals surface area (Å²) < 4.78 is 0. The summed E-state index contributed by atoms with van der Waals surface area (Å²) >= 11 is 0. The van der Waals surface area contributed by atoms with E-state index in [2.05, 4.69) is 6.58 Å². The van der Waals surface area contributed by atoms with Gasteiger partial charge in [-0.25, -0.2) is 0 Å². The highest BCUT2D eigenvalue weighted by molar-refractivity contribution is 5.15. The van der Waals surface area contributed by atoms with Crippen molar-refractivity contribution in [3.8, 4) is 0 Å². The van der Waals surface area contributed by atoms with Crippen molar-refractivity contribution in [1.29, 1.82) is 0 Å². The summed E-state index contributed by atoms with van der Waals surface area (Å²) in [5.74, 6) is 0.262. The zero-order valence-corrected chi connectivity index (χ0v) is 8.71. The SMILES string of the molecule is C=C(C)C1CCCCC1(O)/C=C\C. The molecule has 1 nitrogen and oxygen atoms in total. The summed E-state index contributed by atoms with van der Waals surface area (Å²) in [6.07, 6.45) is 8.19. The van der Waals surface area contributed by atoms with Crippen LogP contribution >= 0.6 is 0 Å². The average Bonchev–Trinajstić information content (AvgIpc) is 2.04. The van der Waals surface area contributed by atoms with Gasteiger partial charge in [0.05, 0.1) is 5.60 Å². The Kier molecular flexibility index (Phi) is 3.32. The molecule has 1 aliphatic carbocycles. The third-order valence-electron chi connectivity index (χ3n) is 2.97. The minimum Gasteiger partial charge on any atom is -0.385 e. The van der Waals surface area contributed by atoms with Gasteiger partial charge in [0.1, 0.15) is 0 Å². The van der Waals surface area contributed by atoms with E-state index in [-0.39, 0.29) is 5.92 Å². The van der Waals surface area contributed by atoms with Crippen LogP contribution in [0.25, 0.3) is 0 Å². The van der Waals surface area contributed by atoms with Crippen LogP contribution in [0.15, 0.2) is 24.3 Å². The Labute approximate surface area is 81.2 Å². The molecule has 0 aromatic heterocycles. The number of hydrogen-bond donors (Lipinski definition) is 1. The molecule has 0 spiro atoms. The first-order chi connectivity index (χ1) is 6.10. The van der Waals surface area contributed by atoms with Crippen molar-refractivity contribution >= 4 is 0 Å². The van der Waals surface area contributed by atoms with Crippen molar-refractivity contribution in [3.05, 3.63) is 24.3 Å². The maximum atomic E-state index is 10.4. The van der Waals surface area contributed by atoms with E-state index in [0.29, 0.717) is 0 Å². The molecule has 1 fully saturated rings. The van der Waals surface area contributed by atoms with E-state index in [1.165, 1.54) is 6.42 Å². The molecule has 0 amide bonds. The second kappa shape index (κ2) is 4.10. The lowest BCUT2D eigenvalue weighted by molar-refractivity contribution is 0.0111. The fourth-order valence-electron chi connectivity index (χ4n) is 2.34. The lowest BCUT2D eigenvalue weighted by Gasteiger charge is -2.38. The quantitative estimate of drug-likeness (QED) is 0.647. The topological polar surface area (TPSA) is 20.2 Å². The van der Waals surface area contributed by atoms with Crippen LogP contribution in [0.5, 0.6) is 0 Å². The van der Waals surface area contributed by atoms with Gasteiger partial charge in [0.15, 0.2) is 0 Å². The molecule has 0 bridgehead atoms. The van der Waals surface area contributed by atoms with E-state index in [9.17, 15) is 5.11 Å². The Balaban J connectivity index is 2.83. The first-order valence-electron chi connectivity index (χ1n) is 5.12. The Hall–Kier alpha value is -0.560. The van der Waals surface area contributed by atoms with Gasteiger partial charge in [-0.1, -0.05) is 37.1 Å². The average molecular weight is 180 g/mol. The van der Waals surface area contributed by atoms with E-state index < -0.39 is 5.60 Å². The zero-order chi connectivity index (χ0) is 9.90. The molecule has 1 N–H and O–H groups in total. The van der Waals surface area contributed by atoms with Gasteiger partial charge in [-0.3, -0.25) is 0 Å². The van der Waals surface area contributed by atoms with Crippen LogP contribution in [0.1, 0.15) is 39.5 Å². The van der Waals surface area contributed by atoms with E-state index in [1.54, 1.807) is 0 Å². The van der Waals surface area contributed by atoms with Gasteiger partial charge in [0, 0.05) is 5.92 Å². The van der Waals surface area contributed by atoms with Crippen LogP contribution in [0, 0.1) is 5.92 Å². The highest BCUT2D eigenvalue weighted by atomic mass is 16.3. The molecule has 0 aromatic carbocycles. The molecule has 1 saturated carbocycles. The van der Waals surface area contributed by atoms with Crippen LogP contribution < -0.4 is 0 Å². The highest BCUT2D eigenvalue weighted by Gasteiger charge is 2.36. The number of hydrogen-bond acceptors (Lipinski definition) is 1. The largest absolute Gasteiger partial charge is 0.385 e. The van der Waals surface area contributed by atoms with Crippen molar-refractivity contribution in [2.24, 2.45) is 5.92 Å². The molecule has 2 unspecified atom stereocenters. The smallest absolute Gasteiger partial charge is 0.0892 e. The van der Waals surface area contributed by atoms with Crippen molar-refractivity contribution in [2.45, 2.75) is 45.1 Å². The van der Waals surface area contributed by atoms with Gasteiger partial charge in [-0.2, -0.15) is 0 Å². The van der Waals surface area contributed by atoms with E-state index in [1.807, 2.05) is 26.0 Å². The van der Waals surface area contributed by atoms with Crippen molar-refractivity contribution in [3.63, 3.8) is 0 Å². The molecule has 2 atom stereocenters. The van der Waals surface area contributed by atoms with Gasteiger partial charge in [-0.15, -0.1) is 0 Å². The molecule has 0 aliphatic heterocycles. The predicted octanol–water partition coefficient (Wildman–Crippen LogP) is 3.06. The van der Waals surface area contributed by atoms with Gasteiger partial charge in [-0.05, 0) is 26.7 Å². The predicted molar refractivity (Wildman–Crippen MR) is 56.5 cm³/mol. The Morgan fingerprint density at radius 2 is 2.23 bits per heavy atom. The molecule has 1 heteroatoms. The molecule has 0 heterocycles. The second-order valence-electron chi connectivity index (χ2n) is 4.14. The summed E-state index contributed by atoms with van der Waals surface area (Å²) in [5, 5.41) is 10.4. The summed E-state index contributed by atoms with van der Waals surface area (Å²) in [6.45, 7) is 7.94. The Morgan fingerprint density at radius 3 is 2.77 bits per heavy atom. The maximum Gasteiger partial charge on any atom is 0.0892 e. The third-order valence-corrected chi connectivity index (χ3v) is 2.97. The second-order valence-corrected chi connectivity index (χ2v) is 4.14. The molecule has 13 heavy (non-hydrogen) atoms. The van der Waals surface area contributed by atoms with Crippen molar-refractivity contribution in [1.82, 2.24) is 0 Å². The van der Waals surface area contributed by atoms with Crippen LogP contribution in [-0.2, 0) is 0 Å². The third kappa shape index (κ3) is 2.22. The van der Waals surface area contributed by atoms with E-state index >= 15 is 0 Å². The normalized spacial score (nSPS) is 35.2. The van der Waals surface area contributed by atoms with Gasteiger partial charge in [0.25, 0.3) is 0 Å². The fraction of sp³-hybridized carbons (Fsp3) is 0.667. The number of allylic oxidation sites excluding steroid dienone is 1. The first kappa shape index (κ1) is 10.5. The Morgan fingerprint density at radius 1 is 1.54 bits per heavy atom. The molecule has 0 radical (unpaired) electrons. The van der Waals surface area contributed by atoms with E-state index in [0.717, 1.165) is 24.8 Å². The minimum absolute atomic E-state index is 0.262. The van der Waals surface area contributed by atoms with E-state index in [4.69, 9.17) is 0 Å². The monoisotopic (exact) mass is 180 g/mol. The highest BCUT2D eigenvalue weighted by Crippen LogP contribution is 2.38. The molecule has 1 rings (SSSR count). The van der Waals surface area contributed by atoms with Gasteiger partial charge < -0.3 is 5.11 Å². The van der Waals surface area contributed by atoms with Crippen molar-refractivity contribution in [2.75, 3.05) is 0 Å². The Bertz CT molecular complexity index is 217. The van der Waals surface area contributed by atoms with Gasteiger partial charge >= 0.3 is 0 Å². The van der Waals surface area contributed by atoms with Crippen molar-refractivity contribution < 1.29 is 5.11 Å². The standard InChI is InChI=1S/C12H20O/c1-4-8-12(13)9-6-5-7-11(12)10(2)3/h4,8,11,13H,2,5-7,9H2,1,3H3/b8-4-. The lowest BCUT2D eigenvalue weighted by atomic mass is 9.72.